The summed E-state index contributed by atoms with van der Waals surface area (Å²) in [6.45, 7) is 5.55. The van der Waals surface area contributed by atoms with Crippen LogP contribution in [0.15, 0.2) is 11.4 Å². The summed E-state index contributed by atoms with van der Waals surface area (Å²) < 4.78 is 0.714. The van der Waals surface area contributed by atoms with Gasteiger partial charge in [0, 0.05) is 10.4 Å². The van der Waals surface area contributed by atoms with Crippen molar-refractivity contribution < 1.29 is 4.79 Å². The number of hydrogen-bond donors (Lipinski definition) is 0. The largest absolute Gasteiger partial charge is 0.294 e. The molecule has 4 heteroatoms. The van der Waals surface area contributed by atoms with E-state index in [1.54, 1.807) is 18.3 Å². The number of carbonyl (C=O) groups is 1. The van der Waals surface area contributed by atoms with E-state index in [9.17, 15) is 4.79 Å². The van der Waals surface area contributed by atoms with E-state index in [0.717, 1.165) is 20.9 Å². The Morgan fingerprint density at radius 3 is 2.56 bits per heavy atom. The monoisotopic (exact) mass is 270 g/mol. The molecule has 0 unspecified atom stereocenters. The van der Waals surface area contributed by atoms with Crippen molar-refractivity contribution in [2.75, 3.05) is 0 Å². The fourth-order valence-corrected chi connectivity index (χ4v) is 4.07. The third kappa shape index (κ3) is 1.95. The van der Waals surface area contributed by atoms with Crippen LogP contribution in [-0.2, 0) is 0 Å². The Hall–Kier alpha value is -0.640. The molecule has 0 bridgehead atoms. The lowest BCUT2D eigenvalue weighted by Gasteiger charge is -1.98. The molecular weight excluding hydrogens is 260 g/mol. The molecule has 0 saturated carbocycles. The van der Waals surface area contributed by atoms with Gasteiger partial charge in [-0.3, -0.25) is 4.79 Å². The highest BCUT2D eigenvalue weighted by Gasteiger charge is 2.19. The summed E-state index contributed by atoms with van der Waals surface area (Å²) in [7, 11) is 0. The van der Waals surface area contributed by atoms with Gasteiger partial charge in [0.25, 0.3) is 0 Å². The normalized spacial score (nSPS) is 10.8. The van der Waals surface area contributed by atoms with E-state index in [0.29, 0.717) is 4.34 Å². The molecule has 16 heavy (non-hydrogen) atoms. The molecular formula is C12H11ClOS2. The van der Waals surface area contributed by atoms with Crippen LogP contribution in [0.2, 0.25) is 4.34 Å². The van der Waals surface area contributed by atoms with Crippen LogP contribution in [-0.4, -0.2) is 5.78 Å². The quantitative estimate of drug-likeness (QED) is 0.706. The van der Waals surface area contributed by atoms with Crippen LogP contribution in [0.25, 0.3) is 9.75 Å². The average Bonchev–Trinajstić information content (AvgIpc) is 2.73. The highest BCUT2D eigenvalue weighted by molar-refractivity contribution is 7.24. The van der Waals surface area contributed by atoms with E-state index in [1.807, 2.05) is 6.92 Å². The lowest BCUT2D eigenvalue weighted by Crippen LogP contribution is -1.93. The van der Waals surface area contributed by atoms with Gasteiger partial charge in [0.1, 0.15) is 0 Å². The first-order valence-corrected chi connectivity index (χ1v) is 6.93. The summed E-state index contributed by atoms with van der Waals surface area (Å²) in [5.41, 5.74) is 2.90. The van der Waals surface area contributed by atoms with E-state index in [-0.39, 0.29) is 5.78 Å². The van der Waals surface area contributed by atoms with Crippen molar-refractivity contribution in [1.29, 1.82) is 0 Å². The predicted octanol–water partition coefficient (Wildman–Crippen LogP) is 4.95. The first-order chi connectivity index (χ1) is 7.50. The van der Waals surface area contributed by atoms with Crippen molar-refractivity contribution >= 4 is 40.1 Å². The molecule has 0 aromatic carbocycles. The van der Waals surface area contributed by atoms with Crippen LogP contribution in [0.5, 0.6) is 0 Å². The highest BCUT2D eigenvalue weighted by atomic mass is 35.5. The molecule has 0 spiro atoms. The van der Waals surface area contributed by atoms with Crippen molar-refractivity contribution in [2.24, 2.45) is 0 Å². The first kappa shape index (κ1) is 11.8. The van der Waals surface area contributed by atoms with Crippen molar-refractivity contribution in [2.45, 2.75) is 20.8 Å². The maximum absolute atomic E-state index is 11.6. The number of thiophene rings is 2. The summed E-state index contributed by atoms with van der Waals surface area (Å²) in [6.07, 6.45) is 0. The molecule has 0 atom stereocenters. The number of Topliss-reactive ketones (excluding diaryl/α,β-unsaturated/α-hetero) is 1. The number of carbonyl (C=O) groups excluding carboxylic acids is 1. The molecule has 0 aliphatic heterocycles. The van der Waals surface area contributed by atoms with Crippen LogP contribution in [0.1, 0.15) is 28.4 Å². The van der Waals surface area contributed by atoms with E-state index >= 15 is 0 Å². The van der Waals surface area contributed by atoms with Crippen molar-refractivity contribution in [1.82, 2.24) is 0 Å². The van der Waals surface area contributed by atoms with Gasteiger partial charge >= 0.3 is 0 Å². The molecule has 0 radical (unpaired) electrons. The SMILES string of the molecule is CC(=O)c1c(-c2cc(C)cs2)sc(Cl)c1C. The zero-order valence-corrected chi connectivity index (χ0v) is 11.6. The average molecular weight is 271 g/mol. The number of ketones is 1. The molecule has 0 N–H and O–H groups in total. The van der Waals surface area contributed by atoms with Gasteiger partial charge in [0.2, 0.25) is 0 Å². The number of halogens is 1. The molecule has 84 valence electrons. The Kier molecular flexibility index (Phi) is 3.19. The van der Waals surface area contributed by atoms with E-state index < -0.39 is 0 Å². The third-order valence-electron chi connectivity index (χ3n) is 2.39. The minimum Gasteiger partial charge on any atom is -0.294 e. The molecule has 2 heterocycles. The third-order valence-corrected chi connectivity index (χ3v) is 5.22. The van der Waals surface area contributed by atoms with Gasteiger partial charge in [0.05, 0.1) is 9.21 Å². The second kappa shape index (κ2) is 4.32. The van der Waals surface area contributed by atoms with Crippen LogP contribution in [0, 0.1) is 13.8 Å². The Bertz CT molecular complexity index is 551. The molecule has 0 amide bonds. The topological polar surface area (TPSA) is 17.1 Å². The molecule has 0 fully saturated rings. The summed E-state index contributed by atoms with van der Waals surface area (Å²) in [5, 5.41) is 2.09. The van der Waals surface area contributed by atoms with Crippen LogP contribution in [0.4, 0.5) is 0 Å². The summed E-state index contributed by atoms with van der Waals surface area (Å²) in [5.74, 6) is 0.0849. The lowest BCUT2D eigenvalue weighted by molar-refractivity contribution is 0.101. The Labute approximate surface area is 108 Å². The second-order valence-corrected chi connectivity index (χ2v) is 6.28. The van der Waals surface area contributed by atoms with Crippen LogP contribution < -0.4 is 0 Å². The minimum absolute atomic E-state index is 0.0849. The van der Waals surface area contributed by atoms with Gasteiger partial charge in [-0.2, -0.15) is 0 Å². The van der Waals surface area contributed by atoms with Gasteiger partial charge in [-0.05, 0) is 43.3 Å². The fraction of sp³-hybridized carbons (Fsp3) is 0.250. The fourth-order valence-electron chi connectivity index (χ4n) is 1.63. The van der Waals surface area contributed by atoms with Crippen molar-refractivity contribution in [3.63, 3.8) is 0 Å². The minimum atomic E-state index is 0.0849. The summed E-state index contributed by atoms with van der Waals surface area (Å²) in [4.78, 5) is 13.8. The number of rotatable bonds is 2. The molecule has 0 saturated heterocycles. The van der Waals surface area contributed by atoms with Gasteiger partial charge < -0.3 is 0 Å². The number of aryl methyl sites for hydroxylation is 1. The number of hydrogen-bond acceptors (Lipinski definition) is 3. The maximum Gasteiger partial charge on any atom is 0.161 e. The zero-order chi connectivity index (χ0) is 11.9. The zero-order valence-electron chi connectivity index (χ0n) is 9.26. The van der Waals surface area contributed by atoms with Crippen LogP contribution >= 0.6 is 34.3 Å². The highest BCUT2D eigenvalue weighted by Crippen LogP contribution is 2.41. The Morgan fingerprint density at radius 2 is 2.06 bits per heavy atom. The Morgan fingerprint density at radius 1 is 1.38 bits per heavy atom. The maximum atomic E-state index is 11.6. The molecule has 2 aromatic heterocycles. The molecule has 1 nitrogen and oxygen atoms in total. The molecule has 0 aliphatic carbocycles. The first-order valence-electron chi connectivity index (χ1n) is 4.86. The standard InChI is InChI=1S/C12H11ClOS2/c1-6-4-9(15-5-6)11-10(8(3)14)7(2)12(13)16-11/h4-5H,1-3H3. The molecule has 2 rings (SSSR count). The smallest absolute Gasteiger partial charge is 0.161 e. The van der Waals surface area contributed by atoms with E-state index in [2.05, 4.69) is 18.4 Å². The Balaban J connectivity index is 2.65. The van der Waals surface area contributed by atoms with Crippen molar-refractivity contribution in [3.8, 4) is 9.75 Å². The van der Waals surface area contributed by atoms with Crippen LogP contribution in [0.3, 0.4) is 0 Å². The van der Waals surface area contributed by atoms with Gasteiger partial charge in [-0.15, -0.1) is 22.7 Å². The molecule has 2 aromatic rings. The van der Waals surface area contributed by atoms with Gasteiger partial charge in [0.15, 0.2) is 5.78 Å². The van der Waals surface area contributed by atoms with E-state index in [1.165, 1.54) is 16.9 Å². The van der Waals surface area contributed by atoms with Crippen molar-refractivity contribution in [3.05, 3.63) is 32.5 Å². The van der Waals surface area contributed by atoms with E-state index in [4.69, 9.17) is 11.6 Å². The predicted molar refractivity (Wildman–Crippen MR) is 72.1 cm³/mol. The second-order valence-electron chi connectivity index (χ2n) is 3.75. The molecule has 0 aliphatic rings. The summed E-state index contributed by atoms with van der Waals surface area (Å²) in [6, 6.07) is 2.10. The summed E-state index contributed by atoms with van der Waals surface area (Å²) >= 11 is 9.25. The van der Waals surface area contributed by atoms with Gasteiger partial charge in [-0.1, -0.05) is 11.6 Å². The lowest BCUT2D eigenvalue weighted by atomic mass is 10.1. The van der Waals surface area contributed by atoms with Gasteiger partial charge in [-0.25, -0.2) is 0 Å².